The van der Waals surface area contributed by atoms with Crippen molar-refractivity contribution in [3.05, 3.63) is 66.0 Å². The second kappa shape index (κ2) is 9.82. The van der Waals surface area contributed by atoms with Crippen molar-refractivity contribution in [1.29, 1.82) is 0 Å². The Labute approximate surface area is 155 Å². The van der Waals surface area contributed by atoms with Crippen LogP contribution in [0, 0.1) is 5.82 Å². The lowest BCUT2D eigenvalue weighted by Gasteiger charge is -2.17. The van der Waals surface area contributed by atoms with E-state index in [1.165, 1.54) is 36.0 Å². The number of carboxylic acid groups (broad SMARTS) is 1. The van der Waals surface area contributed by atoms with Crippen molar-refractivity contribution in [2.45, 2.75) is 24.0 Å². The molecular formula is C19H20FNO4S. The molecule has 0 aromatic heterocycles. The lowest BCUT2D eigenvalue weighted by molar-refractivity contribution is -0.145. The molecule has 2 aromatic rings. The summed E-state index contributed by atoms with van der Waals surface area (Å²) >= 11 is 1.46. The van der Waals surface area contributed by atoms with Crippen LogP contribution in [0.25, 0.3) is 0 Å². The average Bonchev–Trinajstić information content (AvgIpc) is 2.65. The van der Waals surface area contributed by atoms with Crippen LogP contribution in [-0.4, -0.2) is 34.9 Å². The Morgan fingerprint density at radius 3 is 2.42 bits per heavy atom. The second-order valence-electron chi connectivity index (χ2n) is 5.58. The van der Waals surface area contributed by atoms with E-state index < -0.39 is 17.9 Å². The summed E-state index contributed by atoms with van der Waals surface area (Å²) < 4.78 is 18.2. The molecular weight excluding hydrogens is 357 g/mol. The van der Waals surface area contributed by atoms with Gasteiger partial charge in [-0.15, -0.1) is 11.8 Å². The minimum Gasteiger partial charge on any atom is -0.478 e. The molecule has 2 atom stereocenters. The highest BCUT2D eigenvalue weighted by Crippen LogP contribution is 2.18. The topological polar surface area (TPSA) is 75.6 Å². The van der Waals surface area contributed by atoms with Crippen LogP contribution < -0.4 is 10.1 Å². The quantitative estimate of drug-likeness (QED) is 0.702. The average molecular weight is 377 g/mol. The van der Waals surface area contributed by atoms with E-state index in [1.54, 1.807) is 6.92 Å². The highest BCUT2D eigenvalue weighted by Gasteiger charge is 2.22. The van der Waals surface area contributed by atoms with E-state index >= 15 is 0 Å². The Kier molecular flexibility index (Phi) is 7.47. The number of ether oxygens (including phenoxy) is 1. The number of halogens is 1. The van der Waals surface area contributed by atoms with Gasteiger partial charge in [-0.2, -0.15) is 0 Å². The zero-order valence-corrected chi connectivity index (χ0v) is 15.0. The van der Waals surface area contributed by atoms with Gasteiger partial charge in [0.25, 0.3) is 0 Å². The summed E-state index contributed by atoms with van der Waals surface area (Å²) in [5.74, 6) is -1.01. The third-order valence-corrected chi connectivity index (χ3v) is 4.76. The van der Waals surface area contributed by atoms with Gasteiger partial charge in [0.15, 0.2) is 0 Å². The molecule has 2 N–H and O–H groups in total. The number of rotatable bonds is 9. The van der Waals surface area contributed by atoms with Crippen LogP contribution in [0.15, 0.2) is 54.6 Å². The highest BCUT2D eigenvalue weighted by atomic mass is 32.2. The normalized spacial score (nSPS) is 12.8. The molecule has 0 aliphatic heterocycles. The molecule has 0 bridgehead atoms. The van der Waals surface area contributed by atoms with E-state index in [1.807, 2.05) is 30.3 Å². The third kappa shape index (κ3) is 6.40. The third-order valence-electron chi connectivity index (χ3n) is 3.54. The molecule has 0 aliphatic rings. The van der Waals surface area contributed by atoms with Gasteiger partial charge < -0.3 is 15.2 Å². The lowest BCUT2D eigenvalue weighted by Crippen LogP contribution is -2.42. The minimum atomic E-state index is -1.25. The largest absolute Gasteiger partial charge is 0.478 e. The number of hydrogen-bond donors (Lipinski definition) is 2. The number of thioether (sulfide) groups is 1. The number of carbonyl (C=O) groups is 2. The highest BCUT2D eigenvalue weighted by molar-refractivity contribution is 7.99. The molecule has 138 valence electrons. The van der Waals surface area contributed by atoms with Crippen molar-refractivity contribution in [3.63, 3.8) is 0 Å². The fraction of sp³-hybridized carbons (Fsp3) is 0.263. The predicted molar refractivity (Wildman–Crippen MR) is 98.7 cm³/mol. The monoisotopic (exact) mass is 377 g/mol. The summed E-state index contributed by atoms with van der Waals surface area (Å²) in [5.41, 5.74) is 1.11. The van der Waals surface area contributed by atoms with Crippen LogP contribution in [0.4, 0.5) is 4.39 Å². The lowest BCUT2D eigenvalue weighted by atomic mass is 10.2. The Bertz CT molecular complexity index is 724. The number of nitrogens with one attached hydrogen (secondary N) is 1. The van der Waals surface area contributed by atoms with E-state index in [4.69, 9.17) is 4.74 Å². The number of aliphatic carboxylic acids is 1. The molecule has 1 amide bonds. The molecule has 0 saturated carbocycles. The SMILES string of the molecule is CC(SCc1ccccc1)C(=O)NCC(Oc1ccc(F)cc1)C(=O)O. The van der Waals surface area contributed by atoms with Crippen LogP contribution in [-0.2, 0) is 15.3 Å². The van der Waals surface area contributed by atoms with Crippen LogP contribution in [0.5, 0.6) is 5.75 Å². The molecule has 0 heterocycles. The van der Waals surface area contributed by atoms with Crippen molar-refractivity contribution in [2.75, 3.05) is 6.54 Å². The van der Waals surface area contributed by atoms with Gasteiger partial charge >= 0.3 is 5.97 Å². The van der Waals surface area contributed by atoms with Crippen LogP contribution in [0.3, 0.4) is 0 Å². The van der Waals surface area contributed by atoms with E-state index in [-0.39, 0.29) is 23.5 Å². The number of carbonyl (C=O) groups excluding carboxylic acids is 1. The van der Waals surface area contributed by atoms with Crippen molar-refractivity contribution in [1.82, 2.24) is 5.32 Å². The molecule has 5 nitrogen and oxygen atoms in total. The first kappa shape index (κ1) is 19.8. The summed E-state index contributed by atoms with van der Waals surface area (Å²) in [4.78, 5) is 23.5. The number of hydrogen-bond acceptors (Lipinski definition) is 4. The molecule has 2 aromatic carbocycles. The Hall–Kier alpha value is -2.54. The first-order chi connectivity index (χ1) is 12.5. The molecule has 0 spiro atoms. The van der Waals surface area contributed by atoms with Crippen LogP contribution in [0.1, 0.15) is 12.5 Å². The summed E-state index contributed by atoms with van der Waals surface area (Å²) in [7, 11) is 0. The number of amides is 1. The zero-order valence-electron chi connectivity index (χ0n) is 14.2. The summed E-state index contributed by atoms with van der Waals surface area (Å²) in [5, 5.41) is 11.5. The van der Waals surface area contributed by atoms with Gasteiger partial charge in [-0.25, -0.2) is 9.18 Å². The van der Waals surface area contributed by atoms with Gasteiger partial charge in [0.2, 0.25) is 12.0 Å². The molecule has 0 fully saturated rings. The maximum absolute atomic E-state index is 12.9. The van der Waals surface area contributed by atoms with Gasteiger partial charge in [0, 0.05) is 5.75 Å². The van der Waals surface area contributed by atoms with Crippen LogP contribution in [0.2, 0.25) is 0 Å². The first-order valence-corrected chi connectivity index (χ1v) is 9.09. The van der Waals surface area contributed by atoms with Crippen molar-refractivity contribution >= 4 is 23.6 Å². The Morgan fingerprint density at radius 1 is 1.15 bits per heavy atom. The fourth-order valence-corrected chi connectivity index (χ4v) is 2.93. The standard InChI is InChI=1S/C19H20FNO4S/c1-13(26-12-14-5-3-2-4-6-14)18(22)21-11-17(19(23)24)25-16-9-7-15(20)8-10-16/h2-10,13,17H,11-12H2,1H3,(H,21,22)(H,23,24). The van der Waals surface area contributed by atoms with E-state index in [0.717, 1.165) is 5.56 Å². The van der Waals surface area contributed by atoms with E-state index in [9.17, 15) is 19.1 Å². The molecule has 2 rings (SSSR count). The maximum Gasteiger partial charge on any atom is 0.346 e. The molecule has 0 radical (unpaired) electrons. The summed E-state index contributed by atoms with van der Waals surface area (Å²) in [6.45, 7) is 1.58. The molecule has 2 unspecified atom stereocenters. The van der Waals surface area contributed by atoms with Gasteiger partial charge in [0.05, 0.1) is 11.8 Å². The zero-order chi connectivity index (χ0) is 18.9. The molecule has 0 aliphatic carbocycles. The van der Waals surface area contributed by atoms with Crippen molar-refractivity contribution < 1.29 is 23.8 Å². The fourth-order valence-electron chi connectivity index (χ4n) is 2.06. The molecule has 0 saturated heterocycles. The van der Waals surface area contributed by atoms with Gasteiger partial charge in [-0.05, 0) is 36.8 Å². The number of carboxylic acids is 1. The van der Waals surface area contributed by atoms with E-state index in [2.05, 4.69) is 5.32 Å². The summed E-state index contributed by atoms with van der Waals surface area (Å²) in [6, 6.07) is 14.8. The maximum atomic E-state index is 12.9. The van der Waals surface area contributed by atoms with Crippen molar-refractivity contribution in [3.8, 4) is 5.75 Å². The minimum absolute atomic E-state index is 0.179. The van der Waals surface area contributed by atoms with Crippen LogP contribution >= 0.6 is 11.8 Å². The van der Waals surface area contributed by atoms with Gasteiger partial charge in [0.1, 0.15) is 11.6 Å². The van der Waals surface area contributed by atoms with Gasteiger partial charge in [-0.3, -0.25) is 4.79 Å². The Morgan fingerprint density at radius 2 is 1.81 bits per heavy atom. The smallest absolute Gasteiger partial charge is 0.346 e. The second-order valence-corrected chi connectivity index (χ2v) is 6.91. The predicted octanol–water partition coefficient (Wildman–Crippen LogP) is 3.10. The first-order valence-electron chi connectivity index (χ1n) is 8.04. The number of benzene rings is 2. The van der Waals surface area contributed by atoms with E-state index in [0.29, 0.717) is 5.75 Å². The van der Waals surface area contributed by atoms with Gasteiger partial charge in [-0.1, -0.05) is 30.3 Å². The molecule has 26 heavy (non-hydrogen) atoms. The summed E-state index contributed by atoms with van der Waals surface area (Å²) in [6.07, 6.45) is -1.25. The molecule has 7 heteroatoms. The Balaban J connectivity index is 1.82. The van der Waals surface area contributed by atoms with Crippen molar-refractivity contribution in [2.24, 2.45) is 0 Å².